The molecule has 0 aliphatic carbocycles. The summed E-state index contributed by atoms with van der Waals surface area (Å²) in [7, 11) is 3.65. The van der Waals surface area contributed by atoms with E-state index in [9.17, 15) is 0 Å². The number of likely N-dealkylation sites (N-methyl/N-ethyl adjacent to an activating group) is 1. The average molecular weight is 238 g/mol. The lowest BCUT2D eigenvalue weighted by atomic mass is 10.1. The number of aliphatic hydroxyl groups is 1. The van der Waals surface area contributed by atoms with Crippen molar-refractivity contribution in [3.63, 3.8) is 0 Å². The Labute approximate surface area is 103 Å². The molecule has 0 aromatic heterocycles. The van der Waals surface area contributed by atoms with Gasteiger partial charge in [-0.1, -0.05) is 6.92 Å². The second-order valence-electron chi connectivity index (χ2n) is 4.17. The van der Waals surface area contributed by atoms with Crippen LogP contribution in [0.4, 0.5) is 5.69 Å². The predicted molar refractivity (Wildman–Crippen MR) is 70.7 cm³/mol. The maximum absolute atomic E-state index is 8.94. The van der Waals surface area contributed by atoms with Gasteiger partial charge in [0.2, 0.25) is 0 Å². The Morgan fingerprint density at radius 3 is 2.71 bits per heavy atom. The zero-order valence-electron chi connectivity index (χ0n) is 10.8. The van der Waals surface area contributed by atoms with E-state index in [0.717, 1.165) is 17.9 Å². The molecule has 0 spiro atoms. The summed E-state index contributed by atoms with van der Waals surface area (Å²) < 4.78 is 5.29. The Bertz CT molecular complexity index is 355. The van der Waals surface area contributed by atoms with Gasteiger partial charge in [0.05, 0.1) is 13.7 Å². The fraction of sp³-hybridized carbons (Fsp3) is 0.538. The lowest BCUT2D eigenvalue weighted by Crippen LogP contribution is -2.37. The predicted octanol–water partition coefficient (Wildman–Crippen LogP) is 1.01. The number of aliphatic hydroxyl groups excluding tert-OH is 1. The number of hydrogen-bond acceptors (Lipinski definition) is 4. The van der Waals surface area contributed by atoms with Gasteiger partial charge in [0.25, 0.3) is 0 Å². The first-order valence-corrected chi connectivity index (χ1v) is 5.86. The van der Waals surface area contributed by atoms with E-state index in [1.165, 1.54) is 5.56 Å². The monoisotopic (exact) mass is 238 g/mol. The quantitative estimate of drug-likeness (QED) is 0.776. The molecule has 0 saturated heterocycles. The van der Waals surface area contributed by atoms with Crippen LogP contribution in [0.5, 0.6) is 5.75 Å². The first-order chi connectivity index (χ1) is 8.12. The molecule has 0 fully saturated rings. The van der Waals surface area contributed by atoms with E-state index in [-0.39, 0.29) is 12.6 Å². The Hall–Kier alpha value is -1.26. The zero-order chi connectivity index (χ0) is 12.8. The van der Waals surface area contributed by atoms with E-state index in [1.807, 2.05) is 24.1 Å². The summed E-state index contributed by atoms with van der Waals surface area (Å²) in [5.41, 5.74) is 7.99. The molecule has 3 N–H and O–H groups in total. The van der Waals surface area contributed by atoms with Gasteiger partial charge in [-0.2, -0.15) is 0 Å². The van der Waals surface area contributed by atoms with E-state index in [4.69, 9.17) is 15.6 Å². The van der Waals surface area contributed by atoms with E-state index in [1.54, 1.807) is 7.11 Å². The molecule has 96 valence electrons. The molecule has 0 bridgehead atoms. The van der Waals surface area contributed by atoms with E-state index < -0.39 is 0 Å². The number of rotatable bonds is 6. The third-order valence-corrected chi connectivity index (χ3v) is 2.83. The Morgan fingerprint density at radius 1 is 1.47 bits per heavy atom. The molecule has 0 aliphatic rings. The Morgan fingerprint density at radius 2 is 2.18 bits per heavy atom. The maximum Gasteiger partial charge on any atom is 0.122 e. The minimum atomic E-state index is -0.216. The van der Waals surface area contributed by atoms with Crippen molar-refractivity contribution in [1.29, 1.82) is 0 Å². The number of methoxy groups -OCH3 is 1. The van der Waals surface area contributed by atoms with Gasteiger partial charge in [-0.25, -0.2) is 0 Å². The summed E-state index contributed by atoms with van der Waals surface area (Å²) >= 11 is 0. The van der Waals surface area contributed by atoms with Gasteiger partial charge in [0.1, 0.15) is 5.75 Å². The normalized spacial score (nSPS) is 12.3. The van der Waals surface area contributed by atoms with E-state index in [0.29, 0.717) is 6.54 Å². The van der Waals surface area contributed by atoms with Crippen LogP contribution in [0, 0.1) is 0 Å². The third kappa shape index (κ3) is 3.61. The molecule has 4 heteroatoms. The number of ether oxygens (including phenoxy) is 1. The van der Waals surface area contributed by atoms with Crippen molar-refractivity contribution >= 4 is 5.69 Å². The Balaban J connectivity index is 2.84. The van der Waals surface area contributed by atoms with Gasteiger partial charge in [-0.3, -0.25) is 0 Å². The molecule has 0 amide bonds. The fourth-order valence-corrected chi connectivity index (χ4v) is 1.79. The van der Waals surface area contributed by atoms with Gasteiger partial charge >= 0.3 is 0 Å². The average Bonchev–Trinajstić information content (AvgIpc) is 2.37. The van der Waals surface area contributed by atoms with Crippen LogP contribution in [0.15, 0.2) is 18.2 Å². The number of aryl methyl sites for hydroxylation is 1. The largest absolute Gasteiger partial charge is 0.496 e. The van der Waals surface area contributed by atoms with Crippen LogP contribution in [0.3, 0.4) is 0 Å². The Kier molecular flexibility index (Phi) is 5.25. The number of benzene rings is 1. The summed E-state index contributed by atoms with van der Waals surface area (Å²) in [6, 6.07) is 5.85. The number of hydrogen-bond donors (Lipinski definition) is 2. The molecule has 0 radical (unpaired) electrons. The van der Waals surface area contributed by atoms with Gasteiger partial charge in [0.15, 0.2) is 0 Å². The second kappa shape index (κ2) is 6.47. The van der Waals surface area contributed by atoms with E-state index >= 15 is 0 Å². The van der Waals surface area contributed by atoms with Crippen molar-refractivity contribution < 1.29 is 9.84 Å². The highest BCUT2D eigenvalue weighted by atomic mass is 16.5. The maximum atomic E-state index is 8.94. The van der Waals surface area contributed by atoms with Gasteiger partial charge in [-0.15, -0.1) is 0 Å². The lowest BCUT2D eigenvalue weighted by Gasteiger charge is -2.23. The van der Waals surface area contributed by atoms with Crippen molar-refractivity contribution in [2.24, 2.45) is 5.73 Å². The molecular formula is C13H22N2O2. The molecule has 1 rings (SSSR count). The molecule has 1 aromatic rings. The van der Waals surface area contributed by atoms with Crippen LogP contribution in [0.1, 0.15) is 12.5 Å². The molecule has 0 heterocycles. The van der Waals surface area contributed by atoms with Crippen LogP contribution < -0.4 is 15.4 Å². The van der Waals surface area contributed by atoms with Crippen molar-refractivity contribution in [2.75, 3.05) is 32.2 Å². The van der Waals surface area contributed by atoms with Gasteiger partial charge in [0, 0.05) is 25.3 Å². The first-order valence-electron chi connectivity index (χ1n) is 5.86. The summed E-state index contributed by atoms with van der Waals surface area (Å²) in [6.45, 7) is 2.73. The van der Waals surface area contributed by atoms with Crippen LogP contribution in [-0.4, -0.2) is 38.5 Å². The van der Waals surface area contributed by atoms with Crippen molar-refractivity contribution in [2.45, 2.75) is 19.4 Å². The molecule has 1 unspecified atom stereocenters. The van der Waals surface area contributed by atoms with E-state index in [2.05, 4.69) is 13.0 Å². The van der Waals surface area contributed by atoms with Crippen molar-refractivity contribution in [3.05, 3.63) is 23.8 Å². The molecule has 1 atom stereocenters. The first kappa shape index (κ1) is 13.8. The smallest absolute Gasteiger partial charge is 0.122 e. The number of nitrogens with two attached hydrogens (primary N) is 1. The topological polar surface area (TPSA) is 58.7 Å². The minimum Gasteiger partial charge on any atom is -0.496 e. The zero-order valence-corrected chi connectivity index (χ0v) is 10.8. The highest BCUT2D eigenvalue weighted by Gasteiger charge is 2.09. The van der Waals surface area contributed by atoms with Crippen LogP contribution in [0.2, 0.25) is 0 Å². The summed E-state index contributed by atoms with van der Waals surface area (Å²) in [4.78, 5) is 2.04. The molecule has 0 saturated carbocycles. The summed E-state index contributed by atoms with van der Waals surface area (Å²) in [5, 5.41) is 8.94. The van der Waals surface area contributed by atoms with Crippen molar-refractivity contribution in [1.82, 2.24) is 0 Å². The number of nitrogens with zero attached hydrogens (tertiary/aromatic N) is 1. The lowest BCUT2D eigenvalue weighted by molar-refractivity contribution is 0.267. The van der Waals surface area contributed by atoms with Crippen molar-refractivity contribution in [3.8, 4) is 5.75 Å². The molecule has 0 aliphatic heterocycles. The number of anilines is 1. The highest BCUT2D eigenvalue weighted by molar-refractivity contribution is 5.52. The minimum absolute atomic E-state index is 0.00112. The van der Waals surface area contributed by atoms with Crippen LogP contribution in [0.25, 0.3) is 0 Å². The molecule has 1 aromatic carbocycles. The van der Waals surface area contributed by atoms with Crippen LogP contribution >= 0.6 is 0 Å². The van der Waals surface area contributed by atoms with Gasteiger partial charge < -0.3 is 20.5 Å². The summed E-state index contributed by atoms with van der Waals surface area (Å²) in [5.74, 6) is 0.913. The SMILES string of the molecule is CCc1cc(N(C)CC(N)CO)ccc1OC. The molecule has 4 nitrogen and oxygen atoms in total. The standard InChI is InChI=1S/C13H22N2O2/c1-4-10-7-12(5-6-13(10)17-3)15(2)8-11(14)9-16/h5-7,11,16H,4,8-9,14H2,1-3H3. The summed E-state index contributed by atoms with van der Waals surface area (Å²) in [6.07, 6.45) is 0.927. The molecule has 17 heavy (non-hydrogen) atoms. The van der Waals surface area contributed by atoms with Gasteiger partial charge in [-0.05, 0) is 30.2 Å². The molecular weight excluding hydrogens is 216 g/mol. The van der Waals surface area contributed by atoms with Crippen LogP contribution in [-0.2, 0) is 6.42 Å². The highest BCUT2D eigenvalue weighted by Crippen LogP contribution is 2.24. The third-order valence-electron chi connectivity index (χ3n) is 2.83. The fourth-order valence-electron chi connectivity index (χ4n) is 1.79. The second-order valence-corrected chi connectivity index (χ2v) is 4.17.